The third kappa shape index (κ3) is 2.19. The van der Waals surface area contributed by atoms with E-state index in [9.17, 15) is 4.79 Å². The molecule has 2 aromatic heterocycles. The first-order chi connectivity index (χ1) is 7.16. The van der Waals surface area contributed by atoms with Crippen molar-refractivity contribution < 1.29 is 9.90 Å². The van der Waals surface area contributed by atoms with E-state index in [2.05, 4.69) is 4.98 Å². The molecule has 0 radical (unpaired) electrons. The van der Waals surface area contributed by atoms with Gasteiger partial charge in [-0.3, -0.25) is 0 Å². The number of nitrogens with zero attached hydrogens (tertiary/aromatic N) is 2. The summed E-state index contributed by atoms with van der Waals surface area (Å²) in [5.41, 5.74) is 0.176. The van der Waals surface area contributed by atoms with Crippen LogP contribution in [0, 0.1) is 0 Å². The Balaban J connectivity index is 2.31. The van der Waals surface area contributed by atoms with Crippen molar-refractivity contribution in [1.82, 2.24) is 9.55 Å². The van der Waals surface area contributed by atoms with Crippen molar-refractivity contribution in [3.63, 3.8) is 0 Å². The van der Waals surface area contributed by atoms with E-state index in [1.165, 1.54) is 17.4 Å². The molecule has 0 bridgehead atoms. The molecule has 15 heavy (non-hydrogen) atoms. The Hall–Kier alpha value is -1.33. The lowest BCUT2D eigenvalue weighted by Gasteiger charge is -2.02. The van der Waals surface area contributed by atoms with Crippen molar-refractivity contribution in [2.75, 3.05) is 0 Å². The van der Waals surface area contributed by atoms with Crippen LogP contribution in [0.4, 0.5) is 0 Å². The molecule has 0 spiro atoms. The minimum atomic E-state index is -0.988. The molecule has 0 aromatic carbocycles. The van der Waals surface area contributed by atoms with Gasteiger partial charge in [-0.25, -0.2) is 9.78 Å². The highest BCUT2D eigenvalue weighted by atomic mass is 35.5. The molecule has 0 atom stereocenters. The highest BCUT2D eigenvalue weighted by molar-refractivity contribution is 7.09. The van der Waals surface area contributed by atoms with Crippen LogP contribution in [0.2, 0.25) is 5.02 Å². The van der Waals surface area contributed by atoms with Crippen molar-refractivity contribution in [2.45, 2.75) is 6.54 Å². The standard InChI is InChI=1S/C9H7ClN2O2S/c10-6-3-7(9(13)14)12(4-6)5-8-11-1-2-15-8/h1-4H,5H2,(H,13,14). The van der Waals surface area contributed by atoms with Crippen LogP contribution in [0.3, 0.4) is 0 Å². The molecule has 6 heteroatoms. The van der Waals surface area contributed by atoms with Gasteiger partial charge in [-0.2, -0.15) is 0 Å². The van der Waals surface area contributed by atoms with E-state index >= 15 is 0 Å². The fourth-order valence-electron chi connectivity index (χ4n) is 1.26. The van der Waals surface area contributed by atoms with Crippen molar-refractivity contribution >= 4 is 28.9 Å². The summed E-state index contributed by atoms with van der Waals surface area (Å²) < 4.78 is 1.57. The SMILES string of the molecule is O=C(O)c1cc(Cl)cn1Cc1nccs1. The first-order valence-electron chi connectivity index (χ1n) is 4.14. The number of carboxylic acid groups (broad SMARTS) is 1. The molecule has 0 aliphatic heterocycles. The molecular weight excluding hydrogens is 236 g/mol. The number of aromatic carboxylic acids is 1. The number of halogens is 1. The smallest absolute Gasteiger partial charge is 0.352 e. The van der Waals surface area contributed by atoms with E-state index in [4.69, 9.17) is 16.7 Å². The average molecular weight is 243 g/mol. The van der Waals surface area contributed by atoms with Crippen molar-refractivity contribution in [1.29, 1.82) is 0 Å². The van der Waals surface area contributed by atoms with E-state index in [1.807, 2.05) is 5.38 Å². The molecule has 0 aliphatic carbocycles. The Morgan fingerprint density at radius 1 is 1.67 bits per heavy atom. The average Bonchev–Trinajstić information content (AvgIpc) is 2.75. The summed E-state index contributed by atoms with van der Waals surface area (Å²) in [5, 5.41) is 12.0. The minimum absolute atomic E-state index is 0.176. The van der Waals surface area contributed by atoms with Crippen LogP contribution in [0.5, 0.6) is 0 Å². The zero-order chi connectivity index (χ0) is 10.8. The molecule has 0 aliphatic rings. The fraction of sp³-hybridized carbons (Fsp3) is 0.111. The summed E-state index contributed by atoms with van der Waals surface area (Å²) in [7, 11) is 0. The highest BCUT2D eigenvalue weighted by Gasteiger charge is 2.12. The molecule has 2 heterocycles. The summed E-state index contributed by atoms with van der Waals surface area (Å²) in [4.78, 5) is 14.9. The predicted octanol–water partition coefficient (Wildman–Crippen LogP) is 2.34. The van der Waals surface area contributed by atoms with Crippen molar-refractivity contribution in [3.8, 4) is 0 Å². The molecule has 0 unspecified atom stereocenters. The molecule has 4 nitrogen and oxygen atoms in total. The van der Waals surface area contributed by atoms with Gasteiger partial charge in [-0.1, -0.05) is 11.6 Å². The maximum absolute atomic E-state index is 10.9. The highest BCUT2D eigenvalue weighted by Crippen LogP contribution is 2.16. The lowest BCUT2D eigenvalue weighted by atomic mass is 10.4. The normalized spacial score (nSPS) is 10.5. The maximum atomic E-state index is 10.9. The van der Waals surface area contributed by atoms with Gasteiger partial charge in [0.2, 0.25) is 0 Å². The number of hydrogen-bond acceptors (Lipinski definition) is 3. The van der Waals surface area contributed by atoms with Gasteiger partial charge in [-0.15, -0.1) is 11.3 Å². The van der Waals surface area contributed by atoms with Crippen LogP contribution < -0.4 is 0 Å². The van der Waals surface area contributed by atoms with Gasteiger partial charge >= 0.3 is 5.97 Å². The van der Waals surface area contributed by atoms with Gasteiger partial charge in [0.25, 0.3) is 0 Å². The van der Waals surface area contributed by atoms with Crippen LogP contribution >= 0.6 is 22.9 Å². The molecular formula is C9H7ClN2O2S. The van der Waals surface area contributed by atoms with E-state index in [0.29, 0.717) is 11.6 Å². The second-order valence-electron chi connectivity index (χ2n) is 2.90. The van der Waals surface area contributed by atoms with Crippen LogP contribution in [0.25, 0.3) is 0 Å². The van der Waals surface area contributed by atoms with E-state index < -0.39 is 5.97 Å². The van der Waals surface area contributed by atoms with Gasteiger partial charge in [0.05, 0.1) is 11.6 Å². The Kier molecular flexibility index (Phi) is 2.75. The topological polar surface area (TPSA) is 55.1 Å². The third-order valence-electron chi connectivity index (χ3n) is 1.87. The van der Waals surface area contributed by atoms with Gasteiger partial charge in [0.15, 0.2) is 0 Å². The van der Waals surface area contributed by atoms with Gasteiger partial charge in [0, 0.05) is 17.8 Å². The number of hydrogen-bond donors (Lipinski definition) is 1. The Morgan fingerprint density at radius 3 is 3.07 bits per heavy atom. The zero-order valence-electron chi connectivity index (χ0n) is 7.55. The van der Waals surface area contributed by atoms with Crippen LogP contribution in [0.15, 0.2) is 23.8 Å². The first kappa shape index (κ1) is 10.2. The van der Waals surface area contributed by atoms with Gasteiger partial charge in [0.1, 0.15) is 10.7 Å². The molecule has 0 saturated carbocycles. The van der Waals surface area contributed by atoms with Gasteiger partial charge < -0.3 is 9.67 Å². The quantitative estimate of drug-likeness (QED) is 0.899. The molecule has 1 N–H and O–H groups in total. The van der Waals surface area contributed by atoms with E-state index in [0.717, 1.165) is 5.01 Å². The third-order valence-corrected chi connectivity index (χ3v) is 2.84. The Labute approximate surface area is 94.8 Å². The lowest BCUT2D eigenvalue weighted by Crippen LogP contribution is -2.08. The summed E-state index contributed by atoms with van der Waals surface area (Å²) in [6.45, 7) is 0.437. The first-order valence-corrected chi connectivity index (χ1v) is 5.40. The molecule has 2 aromatic rings. The lowest BCUT2D eigenvalue weighted by molar-refractivity contribution is 0.0685. The minimum Gasteiger partial charge on any atom is -0.477 e. The van der Waals surface area contributed by atoms with Crippen molar-refractivity contribution in [3.05, 3.63) is 39.6 Å². The number of aromatic nitrogens is 2. The van der Waals surface area contributed by atoms with Gasteiger partial charge in [-0.05, 0) is 6.07 Å². The number of thiazole rings is 1. The van der Waals surface area contributed by atoms with Crippen LogP contribution in [0.1, 0.15) is 15.5 Å². The summed E-state index contributed by atoms with van der Waals surface area (Å²) in [6.07, 6.45) is 3.28. The fourth-order valence-corrected chi connectivity index (χ4v) is 2.10. The Bertz CT molecular complexity index is 478. The van der Waals surface area contributed by atoms with E-state index in [-0.39, 0.29) is 5.69 Å². The van der Waals surface area contributed by atoms with E-state index in [1.54, 1.807) is 17.0 Å². The molecule has 0 amide bonds. The Morgan fingerprint density at radius 2 is 2.47 bits per heavy atom. The molecule has 0 fully saturated rings. The number of carboxylic acids is 1. The molecule has 2 rings (SSSR count). The second-order valence-corrected chi connectivity index (χ2v) is 4.32. The summed E-state index contributed by atoms with van der Waals surface area (Å²) >= 11 is 7.23. The second kappa shape index (κ2) is 4.04. The van der Waals surface area contributed by atoms with Crippen molar-refractivity contribution in [2.24, 2.45) is 0 Å². The van der Waals surface area contributed by atoms with Crippen LogP contribution in [-0.2, 0) is 6.54 Å². The number of carbonyl (C=O) groups is 1. The summed E-state index contributed by atoms with van der Waals surface area (Å²) in [5.74, 6) is -0.988. The monoisotopic (exact) mass is 242 g/mol. The van der Waals surface area contributed by atoms with Crippen LogP contribution in [-0.4, -0.2) is 20.6 Å². The molecule has 0 saturated heterocycles. The predicted molar refractivity (Wildman–Crippen MR) is 57.6 cm³/mol. The number of rotatable bonds is 3. The summed E-state index contributed by atoms with van der Waals surface area (Å²) in [6, 6.07) is 1.43. The maximum Gasteiger partial charge on any atom is 0.352 e. The zero-order valence-corrected chi connectivity index (χ0v) is 9.13. The largest absolute Gasteiger partial charge is 0.477 e. The molecule has 78 valence electrons.